The number of nitrogens with zero attached hydrogens (tertiary/aromatic N) is 1. The summed E-state index contributed by atoms with van der Waals surface area (Å²) in [6.07, 6.45) is 2.72. The van der Waals surface area contributed by atoms with E-state index in [0.29, 0.717) is 19.3 Å². The zero-order valence-electron chi connectivity index (χ0n) is 18.3. The molecule has 0 bridgehead atoms. The minimum Gasteiger partial charge on any atom is -0.369 e. The highest BCUT2D eigenvalue weighted by Gasteiger charge is 2.54. The maximum Gasteiger partial charge on any atom is 0.171 e. The topological polar surface area (TPSA) is 40.2 Å². The van der Waals surface area contributed by atoms with Gasteiger partial charge >= 0.3 is 0 Å². The Hall–Kier alpha value is -1.76. The smallest absolute Gasteiger partial charge is 0.171 e. The van der Waals surface area contributed by atoms with Crippen LogP contribution in [-0.2, 0) is 32.2 Å². The van der Waals surface area contributed by atoms with Crippen molar-refractivity contribution in [2.45, 2.75) is 69.5 Å². The van der Waals surface area contributed by atoms with Gasteiger partial charge in [0.25, 0.3) is 0 Å². The fourth-order valence-electron chi connectivity index (χ4n) is 5.36. The molecule has 0 amide bonds. The van der Waals surface area contributed by atoms with Crippen molar-refractivity contribution >= 4 is 0 Å². The van der Waals surface area contributed by atoms with Crippen molar-refractivity contribution in [1.82, 2.24) is 4.90 Å². The van der Waals surface area contributed by atoms with E-state index < -0.39 is 5.79 Å². The summed E-state index contributed by atoms with van der Waals surface area (Å²) < 4.78 is 25.5. The molecule has 0 saturated carbocycles. The van der Waals surface area contributed by atoms with Crippen LogP contribution in [0.15, 0.2) is 60.7 Å². The summed E-state index contributed by atoms with van der Waals surface area (Å²) in [4.78, 5) is 2.55. The van der Waals surface area contributed by atoms with Crippen molar-refractivity contribution in [3.05, 3.63) is 71.8 Å². The van der Waals surface area contributed by atoms with Crippen LogP contribution in [-0.4, -0.2) is 54.7 Å². The van der Waals surface area contributed by atoms with Gasteiger partial charge in [0.15, 0.2) is 5.79 Å². The van der Waals surface area contributed by atoms with E-state index in [1.54, 1.807) is 0 Å². The second-order valence-electron chi connectivity index (χ2n) is 9.08. The SMILES string of the molecule is C[C@@H]1CC2(C[C@@H]3[C@@H](OCc4ccccc4)[C@H](OCc4ccccc4)CN13)OCCCO2. The zero-order chi connectivity index (χ0) is 21.1. The Balaban J connectivity index is 1.34. The first-order valence-electron chi connectivity index (χ1n) is 11.6. The molecule has 3 aliphatic heterocycles. The van der Waals surface area contributed by atoms with E-state index in [2.05, 4.69) is 60.4 Å². The highest BCUT2D eigenvalue weighted by molar-refractivity contribution is 5.15. The Labute approximate surface area is 185 Å². The molecule has 5 rings (SSSR count). The van der Waals surface area contributed by atoms with Crippen molar-refractivity contribution in [2.75, 3.05) is 19.8 Å². The summed E-state index contributed by atoms with van der Waals surface area (Å²) in [5.74, 6) is -0.471. The molecule has 0 N–H and O–H groups in total. The molecule has 2 aromatic rings. The highest BCUT2D eigenvalue weighted by Crippen LogP contribution is 2.43. The molecule has 3 saturated heterocycles. The molecule has 166 valence electrons. The molecular formula is C26H33NO4. The van der Waals surface area contributed by atoms with Crippen molar-refractivity contribution in [1.29, 1.82) is 0 Å². The lowest BCUT2D eigenvalue weighted by Crippen LogP contribution is -2.58. The average Bonchev–Trinajstić information content (AvgIpc) is 3.15. The predicted molar refractivity (Wildman–Crippen MR) is 118 cm³/mol. The van der Waals surface area contributed by atoms with Crippen LogP contribution < -0.4 is 0 Å². The lowest BCUT2D eigenvalue weighted by Gasteiger charge is -2.49. The Bertz CT molecular complexity index is 824. The van der Waals surface area contributed by atoms with Gasteiger partial charge in [-0.15, -0.1) is 0 Å². The van der Waals surface area contributed by atoms with E-state index in [1.165, 1.54) is 11.1 Å². The van der Waals surface area contributed by atoms with Crippen LogP contribution in [0.1, 0.15) is 37.3 Å². The molecule has 1 spiro atoms. The van der Waals surface area contributed by atoms with E-state index >= 15 is 0 Å². The van der Waals surface area contributed by atoms with Gasteiger partial charge in [-0.05, 0) is 24.5 Å². The van der Waals surface area contributed by atoms with Crippen LogP contribution in [0, 0.1) is 0 Å². The lowest BCUT2D eigenvalue weighted by molar-refractivity contribution is -0.298. The number of hydrogen-bond donors (Lipinski definition) is 0. The van der Waals surface area contributed by atoms with E-state index in [1.807, 2.05) is 12.1 Å². The van der Waals surface area contributed by atoms with E-state index in [4.69, 9.17) is 18.9 Å². The normalized spacial score (nSPS) is 30.4. The van der Waals surface area contributed by atoms with Crippen molar-refractivity contribution < 1.29 is 18.9 Å². The van der Waals surface area contributed by atoms with Gasteiger partial charge in [-0.1, -0.05) is 60.7 Å². The van der Waals surface area contributed by atoms with Crippen LogP contribution in [0.3, 0.4) is 0 Å². The van der Waals surface area contributed by atoms with Crippen LogP contribution in [0.2, 0.25) is 0 Å². The minimum absolute atomic E-state index is 0.0160. The Morgan fingerprint density at radius 3 is 2.13 bits per heavy atom. The minimum atomic E-state index is -0.471. The first-order valence-corrected chi connectivity index (χ1v) is 11.6. The Morgan fingerprint density at radius 2 is 1.48 bits per heavy atom. The molecule has 31 heavy (non-hydrogen) atoms. The molecular weight excluding hydrogens is 390 g/mol. The molecule has 4 atom stereocenters. The first-order chi connectivity index (χ1) is 15.2. The van der Waals surface area contributed by atoms with Crippen LogP contribution in [0.4, 0.5) is 0 Å². The van der Waals surface area contributed by atoms with E-state index in [9.17, 15) is 0 Å². The maximum atomic E-state index is 6.56. The third kappa shape index (κ3) is 4.71. The average molecular weight is 424 g/mol. The van der Waals surface area contributed by atoms with Crippen LogP contribution in [0.5, 0.6) is 0 Å². The fraction of sp³-hybridized carbons (Fsp3) is 0.538. The lowest BCUT2D eigenvalue weighted by atomic mass is 9.89. The second-order valence-corrected chi connectivity index (χ2v) is 9.08. The van der Waals surface area contributed by atoms with Crippen molar-refractivity contribution in [3.63, 3.8) is 0 Å². The molecule has 3 aliphatic rings. The van der Waals surface area contributed by atoms with Gasteiger partial charge in [0.05, 0.1) is 32.5 Å². The molecule has 5 nitrogen and oxygen atoms in total. The van der Waals surface area contributed by atoms with Gasteiger partial charge in [0.1, 0.15) is 6.10 Å². The Morgan fingerprint density at radius 1 is 0.871 bits per heavy atom. The van der Waals surface area contributed by atoms with Crippen molar-refractivity contribution in [3.8, 4) is 0 Å². The number of benzene rings is 2. The zero-order valence-corrected chi connectivity index (χ0v) is 18.3. The summed E-state index contributed by atoms with van der Waals surface area (Å²) >= 11 is 0. The summed E-state index contributed by atoms with van der Waals surface area (Å²) in [6.45, 7) is 5.91. The monoisotopic (exact) mass is 423 g/mol. The Kier molecular flexibility index (Phi) is 6.39. The quantitative estimate of drug-likeness (QED) is 0.698. The summed E-state index contributed by atoms with van der Waals surface area (Å²) in [5, 5.41) is 0. The highest BCUT2D eigenvalue weighted by atomic mass is 16.7. The van der Waals surface area contributed by atoms with Crippen molar-refractivity contribution in [2.24, 2.45) is 0 Å². The molecule has 0 aromatic heterocycles. The second kappa shape index (κ2) is 9.39. The maximum absolute atomic E-state index is 6.56. The summed E-state index contributed by atoms with van der Waals surface area (Å²) in [5.41, 5.74) is 2.38. The molecule has 0 unspecified atom stereocenters. The molecule has 5 heteroatoms. The summed E-state index contributed by atoms with van der Waals surface area (Å²) in [6, 6.07) is 21.4. The predicted octanol–water partition coefficient (Wildman–Crippen LogP) is 4.16. The molecule has 3 fully saturated rings. The number of hydrogen-bond acceptors (Lipinski definition) is 5. The number of rotatable bonds is 6. The number of fused-ring (bicyclic) bond motifs is 1. The molecule has 0 radical (unpaired) electrons. The van der Waals surface area contributed by atoms with Gasteiger partial charge in [-0.3, -0.25) is 4.90 Å². The van der Waals surface area contributed by atoms with Crippen LogP contribution in [0.25, 0.3) is 0 Å². The number of piperidine rings is 1. The fourth-order valence-corrected chi connectivity index (χ4v) is 5.36. The van der Waals surface area contributed by atoms with E-state index in [0.717, 1.165) is 39.0 Å². The largest absolute Gasteiger partial charge is 0.369 e. The third-order valence-electron chi connectivity index (χ3n) is 6.87. The molecule has 0 aliphatic carbocycles. The molecule has 2 aromatic carbocycles. The number of ether oxygens (including phenoxy) is 4. The van der Waals surface area contributed by atoms with Gasteiger partial charge in [-0.2, -0.15) is 0 Å². The standard InChI is InChI=1S/C26H33NO4/c1-20-15-26(30-13-8-14-31-26)16-23-25(29-19-22-11-6-3-7-12-22)24(17-27(20)23)28-18-21-9-4-2-5-10-21/h2-7,9-12,20,23-25H,8,13-19H2,1H3/t20-,23-,24-,25-/m1/s1. The van der Waals surface area contributed by atoms with Gasteiger partial charge in [0, 0.05) is 31.5 Å². The van der Waals surface area contributed by atoms with E-state index in [-0.39, 0.29) is 18.2 Å². The third-order valence-corrected chi connectivity index (χ3v) is 6.87. The molecule has 3 heterocycles. The first kappa shape index (κ1) is 21.1. The van der Waals surface area contributed by atoms with Gasteiger partial charge in [0.2, 0.25) is 0 Å². The van der Waals surface area contributed by atoms with Gasteiger partial charge in [-0.25, -0.2) is 0 Å². The summed E-state index contributed by atoms with van der Waals surface area (Å²) in [7, 11) is 0. The van der Waals surface area contributed by atoms with Crippen LogP contribution >= 0.6 is 0 Å². The van der Waals surface area contributed by atoms with Gasteiger partial charge < -0.3 is 18.9 Å².